The lowest BCUT2D eigenvalue weighted by atomic mass is 10.2. The van der Waals surface area contributed by atoms with Crippen LogP contribution in [0, 0.1) is 6.92 Å². The first-order valence-corrected chi connectivity index (χ1v) is 9.68. The van der Waals surface area contributed by atoms with Crippen LogP contribution in [0.1, 0.15) is 17.7 Å². The maximum absolute atomic E-state index is 5.71. The van der Waals surface area contributed by atoms with Gasteiger partial charge in [0.25, 0.3) is 0 Å². The van der Waals surface area contributed by atoms with E-state index in [1.165, 1.54) is 5.56 Å². The lowest BCUT2D eigenvalue weighted by Crippen LogP contribution is -3.14. The molecule has 6 heteroatoms. The van der Waals surface area contributed by atoms with Gasteiger partial charge in [-0.2, -0.15) is 0 Å². The predicted molar refractivity (Wildman–Crippen MR) is 108 cm³/mol. The van der Waals surface area contributed by atoms with Crippen LogP contribution in [-0.2, 0) is 11.3 Å². The van der Waals surface area contributed by atoms with Crippen molar-refractivity contribution >= 4 is 23.0 Å². The fraction of sp³-hybridized carbons (Fsp3) is 0.450. The first-order valence-electron chi connectivity index (χ1n) is 9.27. The van der Waals surface area contributed by atoms with E-state index < -0.39 is 0 Å². The number of furan rings is 1. The molecule has 1 aromatic carbocycles. The van der Waals surface area contributed by atoms with Gasteiger partial charge in [0.1, 0.15) is 18.8 Å². The summed E-state index contributed by atoms with van der Waals surface area (Å²) in [7, 11) is 0. The van der Waals surface area contributed by atoms with E-state index in [1.807, 2.05) is 24.3 Å². The first-order chi connectivity index (χ1) is 12.7. The average Bonchev–Trinajstić information content (AvgIpc) is 3.17. The molecule has 0 radical (unpaired) electrons. The zero-order valence-electron chi connectivity index (χ0n) is 15.4. The van der Waals surface area contributed by atoms with Crippen molar-refractivity contribution in [3.63, 3.8) is 0 Å². The quantitative estimate of drug-likeness (QED) is 0.727. The molecule has 0 aliphatic carbocycles. The van der Waals surface area contributed by atoms with Crippen molar-refractivity contribution in [1.29, 1.82) is 0 Å². The van der Waals surface area contributed by atoms with Gasteiger partial charge in [-0.05, 0) is 42.9 Å². The van der Waals surface area contributed by atoms with Crippen LogP contribution >= 0.6 is 12.2 Å². The van der Waals surface area contributed by atoms with Gasteiger partial charge in [-0.1, -0.05) is 18.2 Å². The normalized spacial score (nSPS) is 15.0. The number of hydrogen-bond donors (Lipinski definition) is 2. The number of rotatable bonds is 7. The monoisotopic (exact) mass is 374 g/mol. The van der Waals surface area contributed by atoms with Gasteiger partial charge in [0.05, 0.1) is 32.6 Å². The number of para-hydroxylation sites is 1. The highest BCUT2D eigenvalue weighted by atomic mass is 32.1. The molecule has 0 bridgehead atoms. The Balaban J connectivity index is 1.58. The molecule has 1 aliphatic heterocycles. The van der Waals surface area contributed by atoms with Gasteiger partial charge in [0, 0.05) is 18.7 Å². The van der Waals surface area contributed by atoms with Crippen molar-refractivity contribution in [2.45, 2.75) is 19.9 Å². The van der Waals surface area contributed by atoms with Crippen LogP contribution in [0.5, 0.6) is 0 Å². The molecule has 2 N–H and O–H groups in total. The van der Waals surface area contributed by atoms with Crippen LogP contribution in [0.4, 0.5) is 5.69 Å². The Kier molecular flexibility index (Phi) is 7.05. The number of hydrogen-bond acceptors (Lipinski definition) is 3. The summed E-state index contributed by atoms with van der Waals surface area (Å²) < 4.78 is 11.0. The molecule has 1 aliphatic rings. The lowest BCUT2D eigenvalue weighted by Gasteiger charge is -2.28. The highest BCUT2D eigenvalue weighted by Gasteiger charge is 2.16. The zero-order valence-corrected chi connectivity index (χ0v) is 16.2. The Morgan fingerprint density at radius 2 is 2.00 bits per heavy atom. The number of thiocarbonyl (C=S) groups is 1. The largest absolute Gasteiger partial charge is 0.467 e. The molecule has 2 aromatic rings. The minimum Gasteiger partial charge on any atom is -0.467 e. The Hall–Kier alpha value is -1.89. The van der Waals surface area contributed by atoms with Crippen LogP contribution in [0.15, 0.2) is 47.1 Å². The number of quaternary nitrogens is 1. The summed E-state index contributed by atoms with van der Waals surface area (Å²) in [5.41, 5.74) is 2.24. The van der Waals surface area contributed by atoms with Crippen LogP contribution in [0.2, 0.25) is 0 Å². The summed E-state index contributed by atoms with van der Waals surface area (Å²) in [6.45, 7) is 8.77. The molecule has 0 atom stereocenters. The van der Waals surface area contributed by atoms with Gasteiger partial charge in [-0.15, -0.1) is 0 Å². The average molecular weight is 375 g/mol. The summed E-state index contributed by atoms with van der Waals surface area (Å²) in [5.74, 6) is 0.928. The topological polar surface area (TPSA) is 42.1 Å². The Bertz CT molecular complexity index is 684. The van der Waals surface area contributed by atoms with Gasteiger partial charge < -0.3 is 24.3 Å². The Morgan fingerprint density at radius 1 is 1.19 bits per heavy atom. The van der Waals surface area contributed by atoms with Gasteiger partial charge >= 0.3 is 0 Å². The second-order valence-electron chi connectivity index (χ2n) is 6.71. The molecule has 0 saturated carbocycles. The molecule has 1 saturated heterocycles. The molecule has 1 aromatic heterocycles. The van der Waals surface area contributed by atoms with E-state index in [-0.39, 0.29) is 0 Å². The molecular weight excluding hydrogens is 346 g/mol. The zero-order chi connectivity index (χ0) is 18.2. The van der Waals surface area contributed by atoms with Crippen molar-refractivity contribution in [1.82, 2.24) is 4.90 Å². The lowest BCUT2D eigenvalue weighted by molar-refractivity contribution is -0.908. The highest BCUT2D eigenvalue weighted by molar-refractivity contribution is 7.80. The van der Waals surface area contributed by atoms with Gasteiger partial charge in [0.2, 0.25) is 0 Å². The SMILES string of the molecule is Cc1ccccc1NC(=S)N(CCC[NH+]1CCOCC1)Cc1ccco1. The molecule has 0 amide bonds. The molecule has 0 spiro atoms. The minimum atomic E-state index is 0.684. The van der Waals surface area contributed by atoms with E-state index in [0.717, 1.165) is 62.4 Å². The third-order valence-electron chi connectivity index (χ3n) is 4.76. The van der Waals surface area contributed by atoms with E-state index in [9.17, 15) is 0 Å². The standard InChI is InChI=1S/C20H27N3O2S/c1-17-6-2-3-8-19(17)21-20(26)23(16-18-7-4-13-25-18)10-5-9-22-11-14-24-15-12-22/h2-4,6-8,13H,5,9-12,14-16H2,1H3,(H,21,26)/p+1. The van der Waals surface area contributed by atoms with E-state index >= 15 is 0 Å². The fourth-order valence-corrected chi connectivity index (χ4v) is 3.45. The highest BCUT2D eigenvalue weighted by Crippen LogP contribution is 2.15. The number of nitrogens with one attached hydrogen (secondary N) is 2. The maximum atomic E-state index is 5.71. The number of ether oxygens (including phenoxy) is 1. The minimum absolute atomic E-state index is 0.684. The van der Waals surface area contributed by atoms with Crippen molar-refractivity contribution in [2.75, 3.05) is 44.7 Å². The van der Waals surface area contributed by atoms with Crippen LogP contribution in [0.3, 0.4) is 0 Å². The van der Waals surface area contributed by atoms with E-state index in [0.29, 0.717) is 6.54 Å². The molecule has 5 nitrogen and oxygen atoms in total. The fourth-order valence-electron chi connectivity index (χ4n) is 3.18. The van der Waals surface area contributed by atoms with Gasteiger partial charge in [0.15, 0.2) is 5.11 Å². The summed E-state index contributed by atoms with van der Waals surface area (Å²) >= 11 is 5.71. The molecule has 3 rings (SSSR count). The van der Waals surface area contributed by atoms with E-state index in [1.54, 1.807) is 11.2 Å². The molecular formula is C20H28N3O2S+. The molecule has 2 heterocycles. The Morgan fingerprint density at radius 3 is 2.73 bits per heavy atom. The van der Waals surface area contributed by atoms with Gasteiger partial charge in [-0.25, -0.2) is 0 Å². The molecule has 0 unspecified atom stereocenters. The predicted octanol–water partition coefficient (Wildman–Crippen LogP) is 2.09. The maximum Gasteiger partial charge on any atom is 0.173 e. The first kappa shape index (κ1) is 18.9. The number of benzene rings is 1. The van der Waals surface area contributed by atoms with Crippen LogP contribution in [0.25, 0.3) is 0 Å². The third-order valence-corrected chi connectivity index (χ3v) is 5.12. The number of aryl methyl sites for hydroxylation is 1. The smallest absolute Gasteiger partial charge is 0.173 e. The summed E-state index contributed by atoms with van der Waals surface area (Å²) in [4.78, 5) is 3.81. The Labute approximate surface area is 160 Å². The summed E-state index contributed by atoms with van der Waals surface area (Å²) in [6.07, 6.45) is 2.80. The molecule has 140 valence electrons. The van der Waals surface area contributed by atoms with Crippen LogP contribution in [-0.4, -0.2) is 49.4 Å². The number of morpholine rings is 1. The number of anilines is 1. The second-order valence-corrected chi connectivity index (χ2v) is 7.10. The van der Waals surface area contributed by atoms with Crippen LogP contribution < -0.4 is 10.2 Å². The van der Waals surface area contributed by atoms with Crippen molar-refractivity contribution in [2.24, 2.45) is 0 Å². The molecule has 26 heavy (non-hydrogen) atoms. The van der Waals surface area contributed by atoms with E-state index in [4.69, 9.17) is 21.4 Å². The van der Waals surface area contributed by atoms with Crippen molar-refractivity contribution in [3.05, 3.63) is 54.0 Å². The number of nitrogens with zero attached hydrogens (tertiary/aromatic N) is 1. The second kappa shape index (κ2) is 9.71. The summed E-state index contributed by atoms with van der Waals surface area (Å²) in [5, 5.41) is 4.14. The summed E-state index contributed by atoms with van der Waals surface area (Å²) in [6, 6.07) is 12.1. The van der Waals surface area contributed by atoms with Crippen molar-refractivity contribution < 1.29 is 14.1 Å². The third kappa shape index (κ3) is 5.56. The van der Waals surface area contributed by atoms with E-state index in [2.05, 4.69) is 29.3 Å². The van der Waals surface area contributed by atoms with Gasteiger partial charge in [-0.3, -0.25) is 0 Å². The molecule has 1 fully saturated rings. The van der Waals surface area contributed by atoms with Crippen molar-refractivity contribution in [3.8, 4) is 0 Å².